The Morgan fingerprint density at radius 2 is 1.77 bits per heavy atom. The predicted molar refractivity (Wildman–Crippen MR) is 117 cm³/mol. The molecular formula is C23H19N7O. The molecular weight excluding hydrogens is 390 g/mol. The summed E-state index contributed by atoms with van der Waals surface area (Å²) in [5, 5.41) is 10.9. The molecule has 0 aliphatic carbocycles. The van der Waals surface area contributed by atoms with E-state index in [0.29, 0.717) is 28.7 Å². The lowest BCUT2D eigenvalue weighted by molar-refractivity contribution is -0.113. The van der Waals surface area contributed by atoms with Gasteiger partial charge in [-0.25, -0.2) is 4.68 Å². The monoisotopic (exact) mass is 409 g/mol. The van der Waals surface area contributed by atoms with Gasteiger partial charge in [0.05, 0.1) is 17.5 Å². The highest BCUT2D eigenvalue weighted by Crippen LogP contribution is 2.36. The molecule has 1 aliphatic rings. The number of anilines is 2. The number of nitrogens with one attached hydrogen (secondary N) is 2. The van der Waals surface area contributed by atoms with Gasteiger partial charge in [0.25, 0.3) is 5.91 Å². The number of pyridine rings is 2. The molecule has 1 amide bonds. The summed E-state index contributed by atoms with van der Waals surface area (Å²) in [6, 6.07) is 16.6. The van der Waals surface area contributed by atoms with Crippen LogP contribution in [-0.2, 0) is 4.79 Å². The van der Waals surface area contributed by atoms with Crippen LogP contribution in [0.2, 0.25) is 0 Å². The quantitative estimate of drug-likeness (QED) is 0.534. The Morgan fingerprint density at radius 1 is 1.00 bits per heavy atom. The Hall–Kier alpha value is -4.33. The van der Waals surface area contributed by atoms with Crippen LogP contribution in [0.15, 0.2) is 90.7 Å². The van der Waals surface area contributed by atoms with Crippen LogP contribution in [0.4, 0.5) is 11.6 Å². The van der Waals surface area contributed by atoms with Gasteiger partial charge < -0.3 is 10.6 Å². The summed E-state index contributed by atoms with van der Waals surface area (Å²) in [5.74, 6) is 0.913. The summed E-state index contributed by atoms with van der Waals surface area (Å²) in [6.07, 6.45) is 6.72. The van der Waals surface area contributed by atoms with Crippen molar-refractivity contribution in [2.75, 3.05) is 10.6 Å². The number of nitrogens with zero attached hydrogens (tertiary/aromatic N) is 5. The van der Waals surface area contributed by atoms with Crippen molar-refractivity contribution in [2.45, 2.75) is 13.0 Å². The van der Waals surface area contributed by atoms with Gasteiger partial charge in [0.2, 0.25) is 5.95 Å². The summed E-state index contributed by atoms with van der Waals surface area (Å²) in [4.78, 5) is 26.3. The van der Waals surface area contributed by atoms with E-state index in [0.717, 1.165) is 11.1 Å². The van der Waals surface area contributed by atoms with E-state index in [1.54, 1.807) is 41.6 Å². The second-order valence-corrected chi connectivity index (χ2v) is 7.12. The van der Waals surface area contributed by atoms with E-state index in [4.69, 9.17) is 5.10 Å². The van der Waals surface area contributed by atoms with Gasteiger partial charge in [0.1, 0.15) is 6.04 Å². The lowest BCUT2D eigenvalue weighted by atomic mass is 9.96. The van der Waals surface area contributed by atoms with E-state index in [1.165, 1.54) is 0 Å². The van der Waals surface area contributed by atoms with Gasteiger partial charge in [-0.3, -0.25) is 14.8 Å². The number of carbonyl (C=O) groups is 1. The standard InChI is InChI=1S/C23H19N7O/c1-15-19(22(31)27-18-10-6-12-25-14-18)20(17-9-5-11-24-13-17)30-23(26-15)28-21(29-30)16-7-3-2-4-8-16/h2-14,20H,1H3,(H,27,31)(H,26,28,29)/t20-/m1/s1. The second kappa shape index (κ2) is 7.83. The molecule has 0 radical (unpaired) electrons. The molecule has 8 heteroatoms. The molecule has 3 aromatic heterocycles. The van der Waals surface area contributed by atoms with Crippen LogP contribution >= 0.6 is 0 Å². The van der Waals surface area contributed by atoms with Crippen molar-refractivity contribution in [1.29, 1.82) is 0 Å². The number of fused-ring (bicyclic) bond motifs is 1. The van der Waals surface area contributed by atoms with Gasteiger partial charge in [0.15, 0.2) is 5.82 Å². The maximum absolute atomic E-state index is 13.3. The molecule has 1 aromatic carbocycles. The number of carbonyl (C=O) groups excluding carboxylic acids is 1. The normalized spacial score (nSPS) is 15.2. The molecule has 0 saturated heterocycles. The third-order valence-electron chi connectivity index (χ3n) is 5.05. The molecule has 8 nitrogen and oxygen atoms in total. The molecule has 0 saturated carbocycles. The summed E-state index contributed by atoms with van der Waals surface area (Å²) in [5.41, 5.74) is 3.59. The smallest absolute Gasteiger partial charge is 0.255 e. The van der Waals surface area contributed by atoms with Crippen molar-refractivity contribution in [3.63, 3.8) is 0 Å². The van der Waals surface area contributed by atoms with Gasteiger partial charge in [-0.05, 0) is 30.7 Å². The van der Waals surface area contributed by atoms with Gasteiger partial charge in [-0.15, -0.1) is 5.10 Å². The molecule has 4 heterocycles. The number of amides is 1. The van der Waals surface area contributed by atoms with Gasteiger partial charge in [-0.2, -0.15) is 4.98 Å². The van der Waals surface area contributed by atoms with Crippen molar-refractivity contribution >= 4 is 17.5 Å². The minimum Gasteiger partial charge on any atom is -0.328 e. The van der Waals surface area contributed by atoms with Crippen molar-refractivity contribution in [3.8, 4) is 11.4 Å². The highest BCUT2D eigenvalue weighted by molar-refractivity contribution is 6.05. The molecule has 0 unspecified atom stereocenters. The molecule has 0 bridgehead atoms. The number of allylic oxidation sites excluding steroid dienone is 1. The minimum atomic E-state index is -0.480. The van der Waals surface area contributed by atoms with Crippen LogP contribution in [0, 0.1) is 0 Å². The molecule has 152 valence electrons. The first-order chi connectivity index (χ1) is 15.2. The molecule has 2 N–H and O–H groups in total. The fourth-order valence-corrected chi connectivity index (χ4v) is 3.64. The van der Waals surface area contributed by atoms with E-state index in [2.05, 4.69) is 25.6 Å². The van der Waals surface area contributed by atoms with Crippen LogP contribution in [0.1, 0.15) is 18.5 Å². The third kappa shape index (κ3) is 3.55. The van der Waals surface area contributed by atoms with E-state index >= 15 is 0 Å². The number of hydrogen-bond acceptors (Lipinski definition) is 6. The average Bonchev–Trinajstić information content (AvgIpc) is 3.23. The second-order valence-electron chi connectivity index (χ2n) is 7.12. The molecule has 1 atom stereocenters. The van der Waals surface area contributed by atoms with Crippen molar-refractivity contribution in [2.24, 2.45) is 0 Å². The molecule has 31 heavy (non-hydrogen) atoms. The van der Waals surface area contributed by atoms with E-state index in [-0.39, 0.29) is 5.91 Å². The number of benzene rings is 1. The van der Waals surface area contributed by atoms with Crippen LogP contribution in [0.5, 0.6) is 0 Å². The SMILES string of the molecule is CC1=C(C(=O)Nc2cccnc2)[C@@H](c2cccnc2)n2nc(-c3ccccc3)nc2N1. The summed E-state index contributed by atoms with van der Waals surface area (Å²) in [6.45, 7) is 1.86. The first-order valence-corrected chi connectivity index (χ1v) is 9.82. The van der Waals surface area contributed by atoms with Gasteiger partial charge in [-0.1, -0.05) is 36.4 Å². The zero-order valence-corrected chi connectivity index (χ0v) is 16.7. The van der Waals surface area contributed by atoms with E-state index in [1.807, 2.05) is 49.4 Å². The highest BCUT2D eigenvalue weighted by atomic mass is 16.1. The number of hydrogen-bond donors (Lipinski definition) is 2. The summed E-state index contributed by atoms with van der Waals surface area (Å²) < 4.78 is 1.74. The van der Waals surface area contributed by atoms with E-state index in [9.17, 15) is 4.79 Å². The summed E-state index contributed by atoms with van der Waals surface area (Å²) in [7, 11) is 0. The largest absolute Gasteiger partial charge is 0.328 e. The van der Waals surface area contributed by atoms with Gasteiger partial charge in [0, 0.05) is 29.9 Å². The Labute approximate surface area is 178 Å². The first kappa shape index (κ1) is 18.7. The van der Waals surface area contributed by atoms with Crippen molar-refractivity contribution in [1.82, 2.24) is 24.7 Å². The Bertz CT molecular complexity index is 1250. The lowest BCUT2D eigenvalue weighted by Gasteiger charge is -2.28. The Morgan fingerprint density at radius 3 is 2.48 bits per heavy atom. The molecule has 0 spiro atoms. The average molecular weight is 409 g/mol. The molecule has 0 fully saturated rings. The van der Waals surface area contributed by atoms with Gasteiger partial charge >= 0.3 is 0 Å². The lowest BCUT2D eigenvalue weighted by Crippen LogP contribution is -2.31. The maximum atomic E-state index is 13.3. The summed E-state index contributed by atoms with van der Waals surface area (Å²) >= 11 is 0. The van der Waals surface area contributed by atoms with Crippen LogP contribution in [0.3, 0.4) is 0 Å². The van der Waals surface area contributed by atoms with Crippen LogP contribution in [-0.4, -0.2) is 30.6 Å². The van der Waals surface area contributed by atoms with E-state index < -0.39 is 6.04 Å². The van der Waals surface area contributed by atoms with Crippen molar-refractivity contribution < 1.29 is 4.79 Å². The number of rotatable bonds is 4. The predicted octanol–water partition coefficient (Wildman–Crippen LogP) is 3.66. The Kier molecular flexibility index (Phi) is 4.72. The zero-order chi connectivity index (χ0) is 21.2. The molecule has 5 rings (SSSR count). The Balaban J connectivity index is 1.60. The topological polar surface area (TPSA) is 97.6 Å². The fraction of sp³-hybridized carbons (Fsp3) is 0.0870. The number of aromatic nitrogens is 5. The zero-order valence-electron chi connectivity index (χ0n) is 16.7. The fourth-order valence-electron chi connectivity index (χ4n) is 3.64. The van der Waals surface area contributed by atoms with Crippen molar-refractivity contribution in [3.05, 3.63) is 96.2 Å². The van der Waals surface area contributed by atoms with Crippen LogP contribution < -0.4 is 10.6 Å². The third-order valence-corrected chi connectivity index (χ3v) is 5.05. The maximum Gasteiger partial charge on any atom is 0.255 e. The minimum absolute atomic E-state index is 0.241. The molecule has 1 aliphatic heterocycles. The highest BCUT2D eigenvalue weighted by Gasteiger charge is 2.34. The first-order valence-electron chi connectivity index (χ1n) is 9.82. The molecule has 4 aromatic rings. The van der Waals surface area contributed by atoms with Crippen LogP contribution in [0.25, 0.3) is 11.4 Å².